The summed E-state index contributed by atoms with van der Waals surface area (Å²) >= 11 is 0. The first-order chi connectivity index (χ1) is 12.5. The zero-order valence-corrected chi connectivity index (χ0v) is 14.2. The fourth-order valence-electron chi connectivity index (χ4n) is 2.38. The Morgan fingerprint density at radius 2 is 1.77 bits per heavy atom. The molecule has 8 heteroatoms. The summed E-state index contributed by atoms with van der Waals surface area (Å²) in [6.45, 7) is -0.591. The van der Waals surface area contributed by atoms with Crippen LogP contribution in [0.5, 0.6) is 11.5 Å². The van der Waals surface area contributed by atoms with Crippen molar-refractivity contribution in [3.8, 4) is 11.5 Å². The summed E-state index contributed by atoms with van der Waals surface area (Å²) in [5.41, 5.74) is 1.70. The first kappa shape index (κ1) is 18.9. The van der Waals surface area contributed by atoms with Crippen LogP contribution in [-0.2, 0) is 13.2 Å². The van der Waals surface area contributed by atoms with Crippen molar-refractivity contribution in [2.24, 2.45) is 0 Å². The molecule has 0 spiro atoms. The molecule has 0 atom stereocenters. The standard InChI is InChI=1S/C18H18N2O6/c1-25-17-10-9-15(12-20(23)24)16(8-5-11-19(21)22)18(17)26-13-14-6-3-2-4-7-14/h2-10H,11-13H2,1H3. The molecule has 0 saturated heterocycles. The van der Waals surface area contributed by atoms with Gasteiger partial charge in [-0.05, 0) is 29.8 Å². The minimum Gasteiger partial charge on any atom is -0.493 e. The van der Waals surface area contributed by atoms with E-state index in [1.165, 1.54) is 19.3 Å². The highest BCUT2D eigenvalue weighted by atomic mass is 16.6. The van der Waals surface area contributed by atoms with Crippen molar-refractivity contribution in [3.05, 3.63) is 85.5 Å². The van der Waals surface area contributed by atoms with E-state index in [4.69, 9.17) is 9.47 Å². The minimum atomic E-state index is -0.492. The second-order valence-electron chi connectivity index (χ2n) is 5.35. The molecule has 8 nitrogen and oxygen atoms in total. The van der Waals surface area contributed by atoms with Crippen molar-refractivity contribution in [3.63, 3.8) is 0 Å². The van der Waals surface area contributed by atoms with E-state index in [2.05, 4.69) is 0 Å². The Balaban J connectivity index is 2.41. The van der Waals surface area contributed by atoms with Gasteiger partial charge in [0, 0.05) is 21.0 Å². The smallest absolute Gasteiger partial charge is 0.229 e. The Morgan fingerprint density at radius 1 is 1.04 bits per heavy atom. The van der Waals surface area contributed by atoms with Crippen LogP contribution < -0.4 is 9.47 Å². The van der Waals surface area contributed by atoms with Crippen molar-refractivity contribution < 1.29 is 19.3 Å². The molecule has 0 fully saturated rings. The number of nitrogens with zero attached hydrogens (tertiary/aromatic N) is 2. The van der Waals surface area contributed by atoms with Gasteiger partial charge in [0.15, 0.2) is 11.5 Å². The summed E-state index contributed by atoms with van der Waals surface area (Å²) in [4.78, 5) is 20.6. The third kappa shape index (κ3) is 5.30. The number of methoxy groups -OCH3 is 1. The molecule has 0 radical (unpaired) electrons. The van der Waals surface area contributed by atoms with Crippen LogP contribution >= 0.6 is 0 Å². The van der Waals surface area contributed by atoms with Gasteiger partial charge in [0.1, 0.15) is 6.61 Å². The summed E-state index contributed by atoms with van der Waals surface area (Å²) in [6.07, 6.45) is 2.79. The lowest BCUT2D eigenvalue weighted by molar-refractivity contribution is -0.496. The highest BCUT2D eigenvalue weighted by molar-refractivity contribution is 5.66. The lowest BCUT2D eigenvalue weighted by atomic mass is 10.0. The largest absolute Gasteiger partial charge is 0.493 e. The van der Waals surface area contributed by atoms with Gasteiger partial charge in [0.2, 0.25) is 13.1 Å². The minimum absolute atomic E-state index is 0.231. The quantitative estimate of drug-likeness (QED) is 0.503. The Kier molecular flexibility index (Phi) is 6.67. The number of ether oxygens (including phenoxy) is 2. The summed E-state index contributed by atoms with van der Waals surface area (Å²) in [7, 11) is 1.46. The van der Waals surface area contributed by atoms with Crippen LogP contribution in [0.3, 0.4) is 0 Å². The molecule has 0 heterocycles. The average molecular weight is 358 g/mol. The SMILES string of the molecule is COc1ccc(C[N+](=O)[O-])c(C=CC[N+](=O)[O-])c1OCc1ccccc1. The van der Waals surface area contributed by atoms with Crippen LogP contribution in [0.4, 0.5) is 0 Å². The summed E-state index contributed by atoms with van der Waals surface area (Å²) in [6, 6.07) is 12.5. The van der Waals surface area contributed by atoms with Gasteiger partial charge in [-0.25, -0.2) is 0 Å². The maximum atomic E-state index is 10.9. The third-order valence-electron chi connectivity index (χ3n) is 3.53. The van der Waals surface area contributed by atoms with Crippen molar-refractivity contribution in [1.82, 2.24) is 0 Å². The molecule has 0 bridgehead atoms. The normalized spacial score (nSPS) is 10.7. The fraction of sp³-hybridized carbons (Fsp3) is 0.222. The summed E-state index contributed by atoms with van der Waals surface area (Å²) < 4.78 is 11.2. The highest BCUT2D eigenvalue weighted by Gasteiger charge is 2.17. The van der Waals surface area contributed by atoms with E-state index in [1.807, 2.05) is 30.3 Å². The molecule has 0 aromatic heterocycles. The number of hydrogen-bond acceptors (Lipinski definition) is 6. The van der Waals surface area contributed by atoms with Crippen molar-refractivity contribution in [1.29, 1.82) is 0 Å². The lowest BCUT2D eigenvalue weighted by Crippen LogP contribution is -2.05. The van der Waals surface area contributed by atoms with E-state index in [0.29, 0.717) is 22.6 Å². The Morgan fingerprint density at radius 3 is 2.38 bits per heavy atom. The van der Waals surface area contributed by atoms with E-state index >= 15 is 0 Å². The molecule has 0 N–H and O–H groups in total. The van der Waals surface area contributed by atoms with Crippen LogP contribution in [0.2, 0.25) is 0 Å². The number of nitro groups is 2. The van der Waals surface area contributed by atoms with Crippen molar-refractivity contribution in [2.45, 2.75) is 13.2 Å². The Bertz CT molecular complexity index is 805. The molecule has 0 saturated carbocycles. The van der Waals surface area contributed by atoms with Crippen LogP contribution in [0.1, 0.15) is 16.7 Å². The second kappa shape index (κ2) is 9.16. The van der Waals surface area contributed by atoms with Crippen LogP contribution in [0.25, 0.3) is 6.08 Å². The van der Waals surface area contributed by atoms with Gasteiger partial charge in [0.05, 0.1) is 7.11 Å². The van der Waals surface area contributed by atoms with Gasteiger partial charge >= 0.3 is 0 Å². The molecule has 2 aromatic rings. The molecule has 0 aliphatic rings. The van der Waals surface area contributed by atoms with Gasteiger partial charge in [-0.3, -0.25) is 20.2 Å². The van der Waals surface area contributed by atoms with E-state index in [-0.39, 0.29) is 6.61 Å². The zero-order chi connectivity index (χ0) is 18.9. The first-order valence-corrected chi connectivity index (χ1v) is 7.78. The topological polar surface area (TPSA) is 105 Å². The monoisotopic (exact) mass is 358 g/mol. The van der Waals surface area contributed by atoms with Crippen LogP contribution in [0, 0.1) is 20.2 Å². The summed E-state index contributed by atoms with van der Waals surface area (Å²) in [5, 5.41) is 21.5. The molecule has 26 heavy (non-hydrogen) atoms. The molecule has 2 aromatic carbocycles. The maximum Gasteiger partial charge on any atom is 0.229 e. The van der Waals surface area contributed by atoms with E-state index < -0.39 is 22.9 Å². The van der Waals surface area contributed by atoms with E-state index in [9.17, 15) is 20.2 Å². The zero-order valence-electron chi connectivity index (χ0n) is 14.2. The van der Waals surface area contributed by atoms with Gasteiger partial charge in [0.25, 0.3) is 0 Å². The van der Waals surface area contributed by atoms with Gasteiger partial charge in [-0.15, -0.1) is 0 Å². The van der Waals surface area contributed by atoms with Gasteiger partial charge in [-0.2, -0.15) is 0 Å². The fourth-order valence-corrected chi connectivity index (χ4v) is 2.38. The van der Waals surface area contributed by atoms with Gasteiger partial charge in [-0.1, -0.05) is 30.3 Å². The summed E-state index contributed by atoms with van der Waals surface area (Å²) in [5.74, 6) is 0.712. The molecular formula is C18H18N2O6. The Hall–Kier alpha value is -3.42. The second-order valence-corrected chi connectivity index (χ2v) is 5.35. The number of benzene rings is 2. The molecule has 2 rings (SSSR count). The molecular weight excluding hydrogens is 340 g/mol. The molecule has 0 amide bonds. The van der Waals surface area contributed by atoms with Gasteiger partial charge < -0.3 is 9.47 Å². The van der Waals surface area contributed by atoms with Crippen LogP contribution in [0.15, 0.2) is 48.5 Å². The molecule has 136 valence electrons. The average Bonchev–Trinajstić information content (AvgIpc) is 2.61. The number of rotatable bonds is 9. The van der Waals surface area contributed by atoms with Crippen molar-refractivity contribution >= 4 is 6.08 Å². The van der Waals surface area contributed by atoms with Crippen LogP contribution in [-0.4, -0.2) is 23.5 Å². The van der Waals surface area contributed by atoms with E-state index in [1.54, 1.807) is 12.1 Å². The van der Waals surface area contributed by atoms with Crippen molar-refractivity contribution in [2.75, 3.05) is 13.7 Å². The number of hydrogen-bond donors (Lipinski definition) is 0. The highest BCUT2D eigenvalue weighted by Crippen LogP contribution is 2.35. The molecule has 0 unspecified atom stereocenters. The Labute approximate surface area is 150 Å². The predicted molar refractivity (Wildman–Crippen MR) is 95.4 cm³/mol. The third-order valence-corrected chi connectivity index (χ3v) is 3.53. The maximum absolute atomic E-state index is 10.9. The lowest BCUT2D eigenvalue weighted by Gasteiger charge is -2.15. The predicted octanol–water partition coefficient (Wildman–Crippen LogP) is 3.34. The van der Waals surface area contributed by atoms with E-state index in [0.717, 1.165) is 5.56 Å². The first-order valence-electron chi connectivity index (χ1n) is 7.78. The molecule has 0 aliphatic heterocycles. The molecule has 0 aliphatic carbocycles.